The number of hydrogen-bond donors (Lipinski definition) is 1. The number of ether oxygens (including phenoxy) is 1. The summed E-state index contributed by atoms with van der Waals surface area (Å²) >= 11 is 0. The molecular weight excluding hydrogens is 268 g/mol. The van der Waals surface area contributed by atoms with Gasteiger partial charge in [-0.2, -0.15) is 0 Å². The van der Waals surface area contributed by atoms with E-state index in [-0.39, 0.29) is 12.4 Å². The van der Waals surface area contributed by atoms with E-state index in [2.05, 4.69) is 6.58 Å². The number of carbonyl (C=O) groups excluding carboxylic acids is 1. The fourth-order valence-electron chi connectivity index (χ4n) is 2.34. The monoisotopic (exact) mass is 298 g/mol. The first kappa shape index (κ1) is 19.7. The molecule has 0 bridgehead atoms. The first-order valence-corrected chi connectivity index (χ1v) is 8.11. The molecule has 0 aromatic carbocycles. The van der Waals surface area contributed by atoms with Crippen molar-refractivity contribution in [3.63, 3.8) is 0 Å². The second kappa shape index (κ2) is 13.7. The van der Waals surface area contributed by atoms with Crippen LogP contribution in [0.2, 0.25) is 0 Å². The van der Waals surface area contributed by atoms with Crippen LogP contribution < -0.4 is 0 Å². The molecule has 1 atom stereocenters. The topological polar surface area (TPSA) is 63.6 Å². The van der Waals surface area contributed by atoms with Crippen LogP contribution in [0.15, 0.2) is 12.7 Å². The summed E-state index contributed by atoms with van der Waals surface area (Å²) in [5.74, 6) is -1.80. The molecule has 21 heavy (non-hydrogen) atoms. The number of allylic oxidation sites excluding steroid dienone is 1. The average molecular weight is 298 g/mol. The summed E-state index contributed by atoms with van der Waals surface area (Å²) in [6, 6.07) is 0. The van der Waals surface area contributed by atoms with Gasteiger partial charge in [-0.05, 0) is 26.2 Å². The second-order valence-electron chi connectivity index (χ2n) is 5.39. The highest BCUT2D eigenvalue weighted by Gasteiger charge is 2.22. The van der Waals surface area contributed by atoms with E-state index in [1.807, 2.05) is 6.08 Å². The highest BCUT2D eigenvalue weighted by atomic mass is 16.5. The molecule has 4 heteroatoms. The fourth-order valence-corrected chi connectivity index (χ4v) is 2.34. The van der Waals surface area contributed by atoms with Crippen molar-refractivity contribution in [2.75, 3.05) is 6.61 Å². The predicted molar refractivity (Wildman–Crippen MR) is 84.1 cm³/mol. The van der Waals surface area contributed by atoms with Crippen molar-refractivity contribution in [2.24, 2.45) is 5.92 Å². The molecule has 4 nitrogen and oxygen atoms in total. The Bertz CT molecular complexity index is 299. The normalized spacial score (nSPS) is 11.9. The maximum Gasteiger partial charge on any atom is 0.309 e. The van der Waals surface area contributed by atoms with Crippen LogP contribution in [-0.4, -0.2) is 23.7 Å². The second-order valence-corrected chi connectivity index (χ2v) is 5.39. The van der Waals surface area contributed by atoms with E-state index in [1.165, 1.54) is 25.7 Å². The number of rotatable bonds is 14. The van der Waals surface area contributed by atoms with Gasteiger partial charge in [0.15, 0.2) is 0 Å². The Balaban J connectivity index is 3.70. The minimum Gasteiger partial charge on any atom is -0.481 e. The molecule has 0 fully saturated rings. The summed E-state index contributed by atoms with van der Waals surface area (Å²) in [6.45, 7) is 5.75. The Hall–Kier alpha value is -1.32. The van der Waals surface area contributed by atoms with E-state index >= 15 is 0 Å². The van der Waals surface area contributed by atoms with Gasteiger partial charge < -0.3 is 9.84 Å². The zero-order valence-corrected chi connectivity index (χ0v) is 13.3. The van der Waals surface area contributed by atoms with Crippen LogP contribution >= 0.6 is 0 Å². The molecule has 0 heterocycles. The van der Waals surface area contributed by atoms with E-state index in [0.29, 0.717) is 13.0 Å². The van der Waals surface area contributed by atoms with Gasteiger partial charge in [-0.1, -0.05) is 44.6 Å². The molecule has 1 N–H and O–H groups in total. The largest absolute Gasteiger partial charge is 0.481 e. The molecule has 0 spiro atoms. The Morgan fingerprint density at radius 3 is 2.19 bits per heavy atom. The van der Waals surface area contributed by atoms with Crippen LogP contribution in [0.4, 0.5) is 0 Å². The third-order valence-corrected chi connectivity index (χ3v) is 3.50. The number of esters is 1. The van der Waals surface area contributed by atoms with Crippen molar-refractivity contribution in [3.8, 4) is 0 Å². The number of unbranched alkanes of at least 4 members (excludes halogenated alkanes) is 7. The summed E-state index contributed by atoms with van der Waals surface area (Å²) in [4.78, 5) is 22.4. The molecule has 0 aliphatic rings. The highest BCUT2D eigenvalue weighted by Crippen LogP contribution is 2.17. The molecule has 0 radical (unpaired) electrons. The van der Waals surface area contributed by atoms with E-state index in [1.54, 1.807) is 6.92 Å². The summed E-state index contributed by atoms with van der Waals surface area (Å²) in [5.41, 5.74) is 0. The van der Waals surface area contributed by atoms with Gasteiger partial charge in [0, 0.05) is 0 Å². The summed E-state index contributed by atoms with van der Waals surface area (Å²) in [7, 11) is 0. The maximum absolute atomic E-state index is 11.7. The lowest BCUT2D eigenvalue weighted by atomic mass is 9.97. The van der Waals surface area contributed by atoms with Crippen LogP contribution in [-0.2, 0) is 14.3 Å². The van der Waals surface area contributed by atoms with Crippen molar-refractivity contribution in [2.45, 2.75) is 71.1 Å². The zero-order valence-electron chi connectivity index (χ0n) is 13.3. The van der Waals surface area contributed by atoms with Crippen LogP contribution in [0.25, 0.3) is 0 Å². The molecular formula is C17H30O4. The van der Waals surface area contributed by atoms with Crippen LogP contribution in [0.5, 0.6) is 0 Å². The zero-order chi connectivity index (χ0) is 15.9. The van der Waals surface area contributed by atoms with Gasteiger partial charge in [0.2, 0.25) is 0 Å². The minimum absolute atomic E-state index is 0.125. The minimum atomic E-state index is -0.935. The SMILES string of the molecule is C=CCCCCCCCCCC(CC(=O)O)C(=O)OCC. The van der Waals surface area contributed by atoms with Gasteiger partial charge in [0.05, 0.1) is 18.9 Å². The molecule has 0 saturated heterocycles. The average Bonchev–Trinajstić information content (AvgIpc) is 2.44. The van der Waals surface area contributed by atoms with Crippen molar-refractivity contribution >= 4 is 11.9 Å². The van der Waals surface area contributed by atoms with Gasteiger partial charge in [-0.3, -0.25) is 9.59 Å². The first-order valence-electron chi connectivity index (χ1n) is 8.11. The molecule has 0 saturated carbocycles. The van der Waals surface area contributed by atoms with Gasteiger partial charge in [0.1, 0.15) is 0 Å². The quantitative estimate of drug-likeness (QED) is 0.294. The van der Waals surface area contributed by atoms with Crippen LogP contribution in [0.1, 0.15) is 71.1 Å². The molecule has 0 rings (SSSR count). The van der Waals surface area contributed by atoms with Crippen LogP contribution in [0.3, 0.4) is 0 Å². The van der Waals surface area contributed by atoms with Crippen LogP contribution in [0, 0.1) is 5.92 Å². The highest BCUT2D eigenvalue weighted by molar-refractivity contribution is 5.78. The lowest BCUT2D eigenvalue weighted by Crippen LogP contribution is -2.21. The first-order chi connectivity index (χ1) is 10.1. The molecule has 0 amide bonds. The van der Waals surface area contributed by atoms with Crippen molar-refractivity contribution in [3.05, 3.63) is 12.7 Å². The maximum atomic E-state index is 11.7. The summed E-state index contributed by atoms with van der Waals surface area (Å²) in [5, 5.41) is 8.83. The molecule has 0 aromatic heterocycles. The van der Waals surface area contributed by atoms with Crippen molar-refractivity contribution in [1.82, 2.24) is 0 Å². The van der Waals surface area contributed by atoms with Gasteiger partial charge in [-0.15, -0.1) is 6.58 Å². The lowest BCUT2D eigenvalue weighted by Gasteiger charge is -2.13. The number of hydrogen-bond acceptors (Lipinski definition) is 3. The Labute approximate surface area is 128 Å². The Kier molecular flexibility index (Phi) is 12.8. The molecule has 0 aliphatic carbocycles. The summed E-state index contributed by atoms with van der Waals surface area (Å²) in [6.07, 6.45) is 11.5. The van der Waals surface area contributed by atoms with E-state index in [4.69, 9.17) is 9.84 Å². The van der Waals surface area contributed by atoms with Gasteiger partial charge in [-0.25, -0.2) is 0 Å². The predicted octanol–water partition coefficient (Wildman–Crippen LogP) is 4.34. The fraction of sp³-hybridized carbons (Fsp3) is 0.765. The number of carbonyl (C=O) groups is 2. The van der Waals surface area contributed by atoms with E-state index in [0.717, 1.165) is 25.7 Å². The van der Waals surface area contributed by atoms with Gasteiger partial charge in [0.25, 0.3) is 0 Å². The summed E-state index contributed by atoms with van der Waals surface area (Å²) < 4.78 is 4.93. The Morgan fingerprint density at radius 1 is 1.10 bits per heavy atom. The number of carboxylic acids is 1. The third kappa shape index (κ3) is 12.2. The standard InChI is InChI=1S/C17H30O4/c1-3-5-6-7-8-9-10-11-12-13-15(14-16(18)19)17(20)21-4-2/h3,15H,1,4-14H2,2H3,(H,18,19). The third-order valence-electron chi connectivity index (χ3n) is 3.50. The smallest absolute Gasteiger partial charge is 0.309 e. The number of carboxylic acid groups (broad SMARTS) is 1. The van der Waals surface area contributed by atoms with Crippen molar-refractivity contribution < 1.29 is 19.4 Å². The molecule has 1 unspecified atom stereocenters. The number of aliphatic carboxylic acids is 1. The van der Waals surface area contributed by atoms with Gasteiger partial charge >= 0.3 is 11.9 Å². The van der Waals surface area contributed by atoms with E-state index in [9.17, 15) is 9.59 Å². The molecule has 0 aromatic rings. The van der Waals surface area contributed by atoms with Crippen molar-refractivity contribution in [1.29, 1.82) is 0 Å². The molecule has 122 valence electrons. The molecule has 0 aliphatic heterocycles. The lowest BCUT2D eigenvalue weighted by molar-refractivity contribution is -0.153. The van der Waals surface area contributed by atoms with E-state index < -0.39 is 11.9 Å². The Morgan fingerprint density at radius 2 is 1.67 bits per heavy atom.